The number of anilines is 1. The lowest BCUT2D eigenvalue weighted by Gasteiger charge is -2.07. The average molecular weight is 367 g/mol. The van der Waals surface area contributed by atoms with Gasteiger partial charge in [0.15, 0.2) is 5.69 Å². The summed E-state index contributed by atoms with van der Waals surface area (Å²) >= 11 is 0. The highest BCUT2D eigenvalue weighted by atomic mass is 19.3. The molecule has 1 amide bonds. The molecule has 140 valence electrons. The number of methoxy groups -OCH3 is 1. The summed E-state index contributed by atoms with van der Waals surface area (Å²) in [5, 5.41) is 10.5. The summed E-state index contributed by atoms with van der Waals surface area (Å²) in [4.78, 5) is 24.2. The molecule has 26 heavy (non-hydrogen) atoms. The van der Waals surface area contributed by atoms with E-state index in [0.29, 0.717) is 12.2 Å². The van der Waals surface area contributed by atoms with Gasteiger partial charge in [-0.3, -0.25) is 14.2 Å². The molecule has 8 nitrogen and oxygen atoms in total. The van der Waals surface area contributed by atoms with Crippen molar-refractivity contribution in [1.82, 2.24) is 19.6 Å². The molecule has 0 aromatic carbocycles. The number of halogens is 2. The maximum atomic E-state index is 12.9. The normalized spacial score (nSPS) is 13.9. The molecular formula is C16H19F2N5O3. The van der Waals surface area contributed by atoms with Crippen LogP contribution in [0, 0.1) is 0 Å². The van der Waals surface area contributed by atoms with Gasteiger partial charge < -0.3 is 10.1 Å². The molecule has 3 rings (SSSR count). The zero-order valence-electron chi connectivity index (χ0n) is 14.4. The standard InChI is InChI=1S/C16H19F2N5O3/c1-3-22-7-11(14(21-22)16(25)26-2)19-13(24)8-23-12(9-4-5-9)6-10(20-23)15(17)18/h6-7,9,15H,3-5,8H2,1-2H3,(H,19,24). The van der Waals surface area contributed by atoms with E-state index in [1.807, 2.05) is 6.92 Å². The van der Waals surface area contributed by atoms with E-state index in [9.17, 15) is 18.4 Å². The van der Waals surface area contributed by atoms with Crippen LogP contribution in [-0.4, -0.2) is 38.5 Å². The first kappa shape index (κ1) is 18.0. The van der Waals surface area contributed by atoms with E-state index in [4.69, 9.17) is 0 Å². The van der Waals surface area contributed by atoms with Crippen molar-refractivity contribution < 1.29 is 23.1 Å². The molecule has 10 heteroatoms. The van der Waals surface area contributed by atoms with Crippen LogP contribution >= 0.6 is 0 Å². The second-order valence-electron chi connectivity index (χ2n) is 6.01. The fourth-order valence-electron chi connectivity index (χ4n) is 2.64. The smallest absolute Gasteiger partial charge is 0.360 e. The number of hydrogen-bond acceptors (Lipinski definition) is 5. The Morgan fingerprint density at radius 3 is 2.69 bits per heavy atom. The molecule has 0 saturated heterocycles. The van der Waals surface area contributed by atoms with Gasteiger partial charge in [0, 0.05) is 24.4 Å². The van der Waals surface area contributed by atoms with Gasteiger partial charge >= 0.3 is 5.97 Å². The van der Waals surface area contributed by atoms with Crippen LogP contribution in [0.25, 0.3) is 0 Å². The van der Waals surface area contributed by atoms with Crippen LogP contribution in [0.1, 0.15) is 54.0 Å². The zero-order chi connectivity index (χ0) is 18.8. The number of carbonyl (C=O) groups is 2. The Kier molecular flexibility index (Phi) is 5.01. The molecule has 2 aromatic heterocycles. The first-order valence-corrected chi connectivity index (χ1v) is 8.24. The topological polar surface area (TPSA) is 91.0 Å². The average Bonchev–Trinajstić information content (AvgIpc) is 3.24. The molecular weight excluding hydrogens is 348 g/mol. The monoisotopic (exact) mass is 367 g/mol. The Morgan fingerprint density at radius 2 is 2.12 bits per heavy atom. The Labute approximate surface area is 148 Å². The number of aromatic nitrogens is 4. The molecule has 1 saturated carbocycles. The molecule has 0 unspecified atom stereocenters. The van der Waals surface area contributed by atoms with Gasteiger partial charge in [-0.05, 0) is 25.8 Å². The number of rotatable bonds is 7. The summed E-state index contributed by atoms with van der Waals surface area (Å²) in [6, 6.07) is 1.35. The van der Waals surface area contributed by atoms with E-state index in [2.05, 4.69) is 20.3 Å². The van der Waals surface area contributed by atoms with Crippen molar-refractivity contribution in [3.05, 3.63) is 29.3 Å². The summed E-state index contributed by atoms with van der Waals surface area (Å²) < 4.78 is 33.3. The number of esters is 1. The number of nitrogens with one attached hydrogen (secondary N) is 1. The van der Waals surface area contributed by atoms with Crippen LogP contribution in [0.5, 0.6) is 0 Å². The predicted molar refractivity (Wildman–Crippen MR) is 87.0 cm³/mol. The van der Waals surface area contributed by atoms with Crippen molar-refractivity contribution in [2.45, 2.75) is 45.2 Å². The van der Waals surface area contributed by atoms with Gasteiger partial charge in [-0.25, -0.2) is 13.6 Å². The molecule has 1 N–H and O–H groups in total. The van der Waals surface area contributed by atoms with Crippen LogP contribution in [0.15, 0.2) is 12.3 Å². The van der Waals surface area contributed by atoms with Gasteiger partial charge in [0.25, 0.3) is 6.43 Å². The molecule has 0 atom stereocenters. The second-order valence-corrected chi connectivity index (χ2v) is 6.01. The minimum Gasteiger partial charge on any atom is -0.464 e. The van der Waals surface area contributed by atoms with Crippen molar-refractivity contribution in [3.8, 4) is 0 Å². The summed E-state index contributed by atoms with van der Waals surface area (Å²) in [6.45, 7) is 2.11. The molecule has 0 bridgehead atoms. The number of nitrogens with zero attached hydrogens (tertiary/aromatic N) is 4. The predicted octanol–water partition coefficient (Wildman–Crippen LogP) is 2.34. The quantitative estimate of drug-likeness (QED) is 0.759. The Bertz CT molecular complexity index is 826. The first-order valence-electron chi connectivity index (χ1n) is 8.24. The van der Waals surface area contributed by atoms with Crippen molar-refractivity contribution in [2.24, 2.45) is 0 Å². The van der Waals surface area contributed by atoms with Gasteiger partial charge in [-0.15, -0.1) is 0 Å². The first-order chi connectivity index (χ1) is 12.4. The van der Waals surface area contributed by atoms with Gasteiger partial charge in [0.05, 0.1) is 12.8 Å². The summed E-state index contributed by atoms with van der Waals surface area (Å²) in [5.74, 6) is -1.00. The van der Waals surface area contributed by atoms with Crippen molar-refractivity contribution in [2.75, 3.05) is 12.4 Å². The number of carbonyl (C=O) groups excluding carboxylic acids is 2. The Morgan fingerprint density at radius 1 is 1.38 bits per heavy atom. The van der Waals surface area contributed by atoms with E-state index < -0.39 is 18.3 Å². The lowest BCUT2D eigenvalue weighted by molar-refractivity contribution is -0.117. The Hall–Kier alpha value is -2.78. The van der Waals surface area contributed by atoms with Gasteiger partial charge in [-0.2, -0.15) is 10.2 Å². The summed E-state index contributed by atoms with van der Waals surface area (Å²) in [5.41, 5.74) is 0.485. The summed E-state index contributed by atoms with van der Waals surface area (Å²) in [6.07, 6.45) is 0.613. The summed E-state index contributed by atoms with van der Waals surface area (Å²) in [7, 11) is 1.22. The third kappa shape index (κ3) is 3.73. The van der Waals surface area contributed by atoms with Crippen molar-refractivity contribution >= 4 is 17.6 Å². The third-order valence-electron chi connectivity index (χ3n) is 4.08. The van der Waals surface area contributed by atoms with Gasteiger partial charge in [0.1, 0.15) is 12.2 Å². The minimum absolute atomic E-state index is 0.0150. The van der Waals surface area contributed by atoms with Gasteiger partial charge in [0.2, 0.25) is 5.91 Å². The molecule has 2 heterocycles. The Balaban J connectivity index is 1.77. The van der Waals surface area contributed by atoms with E-state index in [1.54, 1.807) is 0 Å². The molecule has 1 fully saturated rings. The second kappa shape index (κ2) is 7.22. The number of hydrogen-bond donors (Lipinski definition) is 1. The fraction of sp³-hybridized carbons (Fsp3) is 0.500. The maximum Gasteiger partial charge on any atom is 0.360 e. The number of ether oxygens (including phenoxy) is 1. The van der Waals surface area contributed by atoms with Gasteiger partial charge in [-0.1, -0.05) is 0 Å². The maximum absolute atomic E-state index is 12.9. The van der Waals surface area contributed by atoms with E-state index in [1.165, 1.54) is 28.7 Å². The van der Waals surface area contributed by atoms with E-state index in [-0.39, 0.29) is 29.5 Å². The fourth-order valence-corrected chi connectivity index (χ4v) is 2.64. The number of alkyl halides is 2. The zero-order valence-corrected chi connectivity index (χ0v) is 14.4. The van der Waals surface area contributed by atoms with Crippen LogP contribution in [-0.2, 0) is 22.6 Å². The molecule has 1 aliphatic carbocycles. The van der Waals surface area contributed by atoms with Crippen molar-refractivity contribution in [1.29, 1.82) is 0 Å². The van der Waals surface area contributed by atoms with Crippen LogP contribution in [0.3, 0.4) is 0 Å². The lowest BCUT2D eigenvalue weighted by Crippen LogP contribution is -2.22. The molecule has 0 radical (unpaired) electrons. The van der Waals surface area contributed by atoms with Crippen LogP contribution in [0.2, 0.25) is 0 Å². The molecule has 0 spiro atoms. The van der Waals surface area contributed by atoms with Crippen LogP contribution < -0.4 is 5.32 Å². The largest absolute Gasteiger partial charge is 0.464 e. The highest BCUT2D eigenvalue weighted by molar-refractivity contribution is 5.99. The van der Waals surface area contributed by atoms with E-state index in [0.717, 1.165) is 12.8 Å². The minimum atomic E-state index is -2.69. The van der Waals surface area contributed by atoms with Crippen LogP contribution in [0.4, 0.5) is 14.5 Å². The number of amides is 1. The molecule has 0 aliphatic heterocycles. The van der Waals surface area contributed by atoms with Crippen molar-refractivity contribution in [3.63, 3.8) is 0 Å². The molecule has 2 aromatic rings. The highest BCUT2D eigenvalue weighted by Crippen LogP contribution is 2.41. The molecule has 1 aliphatic rings. The number of aryl methyl sites for hydroxylation is 1. The van der Waals surface area contributed by atoms with E-state index >= 15 is 0 Å². The lowest BCUT2D eigenvalue weighted by atomic mass is 10.2. The third-order valence-corrected chi connectivity index (χ3v) is 4.08. The SMILES string of the molecule is CCn1cc(NC(=O)Cn2nc(C(F)F)cc2C2CC2)c(C(=O)OC)n1. The highest BCUT2D eigenvalue weighted by Gasteiger charge is 2.30.